The molecule has 7 nitrogen and oxygen atoms in total. The highest BCUT2D eigenvalue weighted by Gasteiger charge is 2.20. The van der Waals surface area contributed by atoms with Gasteiger partial charge in [-0.1, -0.05) is 17.3 Å². The number of aryl methyl sites for hydroxylation is 1. The Hall–Kier alpha value is -2.83. The molecule has 0 bridgehead atoms. The Labute approximate surface area is 133 Å². The summed E-state index contributed by atoms with van der Waals surface area (Å²) in [5.74, 6) is -0.151. The molecule has 2 aromatic rings. The van der Waals surface area contributed by atoms with Gasteiger partial charge in [-0.2, -0.15) is 0 Å². The first-order valence-corrected chi connectivity index (χ1v) is 7.07. The molecule has 0 saturated heterocycles. The van der Waals surface area contributed by atoms with Crippen LogP contribution in [0.15, 0.2) is 34.9 Å². The Balaban J connectivity index is 2.07. The van der Waals surface area contributed by atoms with E-state index in [0.717, 1.165) is 5.56 Å². The Morgan fingerprint density at radius 3 is 2.52 bits per heavy atom. The minimum atomic E-state index is -0.962. The van der Waals surface area contributed by atoms with Crippen LogP contribution in [0.25, 0.3) is 0 Å². The van der Waals surface area contributed by atoms with Gasteiger partial charge in [0.05, 0.1) is 13.5 Å². The molecule has 2 rings (SSSR count). The van der Waals surface area contributed by atoms with Gasteiger partial charge in [0.15, 0.2) is 5.82 Å². The van der Waals surface area contributed by atoms with Gasteiger partial charge in [0.1, 0.15) is 11.5 Å². The predicted octanol–water partition coefficient (Wildman–Crippen LogP) is 2.58. The molecule has 23 heavy (non-hydrogen) atoms. The monoisotopic (exact) mass is 318 g/mol. The molecule has 0 aliphatic heterocycles. The van der Waals surface area contributed by atoms with Crippen LogP contribution in [-0.2, 0) is 9.59 Å². The number of ether oxygens (including phenoxy) is 1. The molecule has 0 spiro atoms. The largest absolute Gasteiger partial charge is 0.497 e. The SMILES string of the molecule is COc1ccc([C@@H](CC(=O)O)CC(=O)Nc2cc(C)on2)cc1. The maximum Gasteiger partial charge on any atom is 0.303 e. The molecule has 0 radical (unpaired) electrons. The molecule has 2 N–H and O–H groups in total. The second-order valence-corrected chi connectivity index (χ2v) is 5.14. The Bertz CT molecular complexity index is 678. The molecular formula is C16H18N2O5. The van der Waals surface area contributed by atoms with Crippen molar-refractivity contribution in [1.82, 2.24) is 5.16 Å². The van der Waals surface area contributed by atoms with Gasteiger partial charge in [-0.25, -0.2) is 0 Å². The highest BCUT2D eigenvalue weighted by atomic mass is 16.5. The topological polar surface area (TPSA) is 102 Å². The number of carboxylic acids is 1. The number of methoxy groups -OCH3 is 1. The number of carboxylic acid groups (broad SMARTS) is 1. The third kappa shape index (κ3) is 4.84. The van der Waals surface area contributed by atoms with E-state index < -0.39 is 11.9 Å². The Morgan fingerprint density at radius 2 is 2.00 bits per heavy atom. The second-order valence-electron chi connectivity index (χ2n) is 5.14. The summed E-state index contributed by atoms with van der Waals surface area (Å²) in [6, 6.07) is 8.60. The van der Waals surface area contributed by atoms with Crippen molar-refractivity contribution < 1.29 is 24.0 Å². The van der Waals surface area contributed by atoms with Crippen molar-refractivity contribution in [3.8, 4) is 5.75 Å². The van der Waals surface area contributed by atoms with E-state index in [1.54, 1.807) is 44.4 Å². The van der Waals surface area contributed by atoms with Crippen molar-refractivity contribution >= 4 is 17.7 Å². The van der Waals surface area contributed by atoms with Crippen molar-refractivity contribution in [2.45, 2.75) is 25.7 Å². The Kier molecular flexibility index (Phi) is 5.35. The van der Waals surface area contributed by atoms with E-state index in [-0.39, 0.29) is 18.7 Å². The van der Waals surface area contributed by atoms with Gasteiger partial charge in [-0.15, -0.1) is 0 Å². The second kappa shape index (κ2) is 7.44. The first kappa shape index (κ1) is 16.5. The van der Waals surface area contributed by atoms with E-state index >= 15 is 0 Å². The average Bonchev–Trinajstić information content (AvgIpc) is 2.91. The number of hydrogen-bond acceptors (Lipinski definition) is 5. The van der Waals surface area contributed by atoms with Crippen molar-refractivity contribution in [2.75, 3.05) is 12.4 Å². The summed E-state index contributed by atoms with van der Waals surface area (Å²) in [6.07, 6.45) is -0.109. The standard InChI is InChI=1S/C16H18N2O5/c1-10-7-14(18-23-10)17-15(19)8-12(9-16(20)21)11-3-5-13(22-2)6-4-11/h3-7,12H,8-9H2,1-2H3,(H,20,21)(H,17,18,19)/t12-/m1/s1. The highest BCUT2D eigenvalue weighted by molar-refractivity contribution is 5.90. The zero-order valence-electron chi connectivity index (χ0n) is 12.9. The number of nitrogens with one attached hydrogen (secondary N) is 1. The molecule has 1 aromatic heterocycles. The van der Waals surface area contributed by atoms with Gasteiger partial charge in [0, 0.05) is 18.4 Å². The lowest BCUT2D eigenvalue weighted by Crippen LogP contribution is -2.18. The molecule has 7 heteroatoms. The summed E-state index contributed by atoms with van der Waals surface area (Å²) in [5, 5.41) is 15.3. The maximum atomic E-state index is 12.1. The zero-order chi connectivity index (χ0) is 16.8. The summed E-state index contributed by atoms with van der Waals surface area (Å²) in [5.41, 5.74) is 0.764. The molecule has 122 valence electrons. The Morgan fingerprint density at radius 1 is 1.30 bits per heavy atom. The quantitative estimate of drug-likeness (QED) is 0.813. The minimum Gasteiger partial charge on any atom is -0.497 e. The van der Waals surface area contributed by atoms with E-state index in [1.165, 1.54) is 0 Å². The van der Waals surface area contributed by atoms with Crippen molar-refractivity contribution in [2.24, 2.45) is 0 Å². The molecule has 1 aromatic carbocycles. The first-order chi connectivity index (χ1) is 11.0. The van der Waals surface area contributed by atoms with Gasteiger partial charge < -0.3 is 19.7 Å². The predicted molar refractivity (Wildman–Crippen MR) is 82.5 cm³/mol. The van der Waals surface area contributed by atoms with Crippen LogP contribution in [-0.4, -0.2) is 29.2 Å². The number of benzene rings is 1. The highest BCUT2D eigenvalue weighted by Crippen LogP contribution is 2.26. The number of amides is 1. The molecule has 1 heterocycles. The van der Waals surface area contributed by atoms with E-state index in [1.807, 2.05) is 0 Å². The smallest absolute Gasteiger partial charge is 0.303 e. The van der Waals surface area contributed by atoms with Crippen LogP contribution in [0.2, 0.25) is 0 Å². The van der Waals surface area contributed by atoms with Gasteiger partial charge in [-0.3, -0.25) is 9.59 Å². The molecule has 0 aliphatic carbocycles. The van der Waals surface area contributed by atoms with Gasteiger partial charge >= 0.3 is 5.97 Å². The summed E-state index contributed by atoms with van der Waals surface area (Å²) >= 11 is 0. The summed E-state index contributed by atoms with van der Waals surface area (Å²) in [6.45, 7) is 1.72. The molecule has 0 saturated carbocycles. The van der Waals surface area contributed by atoms with Crippen LogP contribution in [0.1, 0.15) is 30.1 Å². The number of aliphatic carboxylic acids is 1. The van der Waals surface area contributed by atoms with Gasteiger partial charge in [0.25, 0.3) is 0 Å². The summed E-state index contributed by atoms with van der Waals surface area (Å²) in [4.78, 5) is 23.2. The number of hydrogen-bond donors (Lipinski definition) is 2. The average molecular weight is 318 g/mol. The number of carbonyl (C=O) groups excluding carboxylic acids is 1. The third-order valence-electron chi connectivity index (χ3n) is 3.34. The lowest BCUT2D eigenvalue weighted by Gasteiger charge is -2.15. The molecule has 1 amide bonds. The number of rotatable bonds is 7. The van der Waals surface area contributed by atoms with E-state index in [2.05, 4.69) is 10.5 Å². The maximum absolute atomic E-state index is 12.1. The number of anilines is 1. The van der Waals surface area contributed by atoms with Crippen molar-refractivity contribution in [1.29, 1.82) is 0 Å². The molecule has 0 aliphatic rings. The number of carbonyl (C=O) groups is 2. The lowest BCUT2D eigenvalue weighted by molar-refractivity contribution is -0.137. The number of nitrogens with zero attached hydrogens (tertiary/aromatic N) is 1. The van der Waals surface area contributed by atoms with E-state index in [0.29, 0.717) is 17.3 Å². The fourth-order valence-corrected chi connectivity index (χ4v) is 2.24. The van der Waals surface area contributed by atoms with E-state index in [4.69, 9.17) is 14.4 Å². The molecule has 0 unspecified atom stereocenters. The van der Waals surface area contributed by atoms with E-state index in [9.17, 15) is 9.59 Å². The van der Waals surface area contributed by atoms with Crippen LogP contribution in [0, 0.1) is 6.92 Å². The fourth-order valence-electron chi connectivity index (χ4n) is 2.24. The summed E-state index contributed by atoms with van der Waals surface area (Å²) < 4.78 is 9.95. The van der Waals surface area contributed by atoms with Crippen LogP contribution >= 0.6 is 0 Å². The van der Waals surface area contributed by atoms with Crippen LogP contribution in [0.3, 0.4) is 0 Å². The molecule has 0 fully saturated rings. The van der Waals surface area contributed by atoms with Crippen molar-refractivity contribution in [3.05, 3.63) is 41.7 Å². The number of aromatic nitrogens is 1. The van der Waals surface area contributed by atoms with Crippen LogP contribution < -0.4 is 10.1 Å². The lowest BCUT2D eigenvalue weighted by atomic mass is 9.92. The zero-order valence-corrected chi connectivity index (χ0v) is 12.9. The minimum absolute atomic E-state index is 0.0323. The summed E-state index contributed by atoms with van der Waals surface area (Å²) in [7, 11) is 1.55. The molecular weight excluding hydrogens is 300 g/mol. The molecule has 1 atom stereocenters. The van der Waals surface area contributed by atoms with Gasteiger partial charge in [-0.05, 0) is 24.6 Å². The first-order valence-electron chi connectivity index (χ1n) is 7.07. The fraction of sp³-hybridized carbons (Fsp3) is 0.312. The van der Waals surface area contributed by atoms with Crippen LogP contribution in [0.5, 0.6) is 5.75 Å². The normalized spacial score (nSPS) is 11.7. The van der Waals surface area contributed by atoms with Gasteiger partial charge in [0.2, 0.25) is 5.91 Å². The third-order valence-corrected chi connectivity index (χ3v) is 3.34. The van der Waals surface area contributed by atoms with Crippen LogP contribution in [0.4, 0.5) is 5.82 Å². The van der Waals surface area contributed by atoms with Crippen molar-refractivity contribution in [3.63, 3.8) is 0 Å².